The third kappa shape index (κ3) is 4.21. The fourth-order valence-corrected chi connectivity index (χ4v) is 2.93. The van der Waals surface area contributed by atoms with Crippen LogP contribution in [0.1, 0.15) is 41.6 Å². The highest BCUT2D eigenvalue weighted by atomic mass is 16.5. The van der Waals surface area contributed by atoms with Crippen LogP contribution in [0.25, 0.3) is 0 Å². The first kappa shape index (κ1) is 17.1. The zero-order valence-corrected chi connectivity index (χ0v) is 14.2. The molecule has 1 heterocycles. The van der Waals surface area contributed by atoms with Gasteiger partial charge in [-0.2, -0.15) is 0 Å². The van der Waals surface area contributed by atoms with Crippen molar-refractivity contribution in [3.8, 4) is 17.4 Å². The molecule has 1 amide bonds. The topological polar surface area (TPSA) is 80.7 Å². The molecule has 2 aromatic rings. The second kappa shape index (κ2) is 7.88. The van der Waals surface area contributed by atoms with Gasteiger partial charge in [0, 0.05) is 24.4 Å². The van der Waals surface area contributed by atoms with Crippen molar-refractivity contribution >= 4 is 5.91 Å². The van der Waals surface area contributed by atoms with Gasteiger partial charge in [0.2, 0.25) is 5.88 Å². The number of methoxy groups -OCH3 is 1. The molecule has 1 aliphatic carbocycles. The van der Waals surface area contributed by atoms with Crippen molar-refractivity contribution in [1.82, 2.24) is 10.3 Å². The maximum atomic E-state index is 12.3. The Morgan fingerprint density at radius 2 is 2.12 bits per heavy atom. The van der Waals surface area contributed by atoms with Crippen molar-refractivity contribution in [1.29, 1.82) is 0 Å². The number of aromatic hydroxyl groups is 1. The van der Waals surface area contributed by atoms with E-state index >= 15 is 0 Å². The Kier molecular flexibility index (Phi) is 5.38. The van der Waals surface area contributed by atoms with E-state index < -0.39 is 0 Å². The molecule has 1 saturated carbocycles. The number of aromatic nitrogens is 1. The molecular weight excluding hydrogens is 320 g/mol. The van der Waals surface area contributed by atoms with E-state index in [1.807, 2.05) is 12.1 Å². The zero-order valence-electron chi connectivity index (χ0n) is 14.2. The largest absolute Gasteiger partial charge is 0.507 e. The van der Waals surface area contributed by atoms with Gasteiger partial charge in [0.05, 0.1) is 12.7 Å². The molecule has 3 rings (SSSR count). The van der Waals surface area contributed by atoms with Gasteiger partial charge < -0.3 is 19.9 Å². The minimum atomic E-state index is -0.365. The van der Waals surface area contributed by atoms with Crippen LogP contribution < -0.4 is 14.8 Å². The molecule has 6 heteroatoms. The minimum absolute atomic E-state index is 0.120. The lowest BCUT2D eigenvalue weighted by molar-refractivity contribution is 0.0947. The molecule has 0 atom stereocenters. The molecule has 2 N–H and O–H groups in total. The van der Waals surface area contributed by atoms with Gasteiger partial charge >= 0.3 is 0 Å². The fourth-order valence-electron chi connectivity index (χ4n) is 2.93. The number of carbonyl (C=O) groups excluding carboxylic acids is 1. The fraction of sp³-hybridized carbons (Fsp3) is 0.368. The van der Waals surface area contributed by atoms with Gasteiger partial charge in [-0.25, -0.2) is 4.98 Å². The number of nitrogens with one attached hydrogen (secondary N) is 1. The lowest BCUT2D eigenvalue weighted by Crippen LogP contribution is -2.24. The van der Waals surface area contributed by atoms with Crippen LogP contribution in [0.4, 0.5) is 0 Å². The Balaban J connectivity index is 1.66. The molecule has 0 saturated heterocycles. The predicted octanol–water partition coefficient (Wildman–Crippen LogP) is 3.05. The van der Waals surface area contributed by atoms with Crippen LogP contribution in [-0.2, 0) is 6.54 Å². The quantitative estimate of drug-likeness (QED) is 0.843. The summed E-state index contributed by atoms with van der Waals surface area (Å²) in [6.07, 6.45) is 6.34. The third-order valence-electron chi connectivity index (χ3n) is 4.32. The molecule has 132 valence electrons. The molecule has 1 aromatic heterocycles. The number of phenols is 1. The molecule has 0 unspecified atom stereocenters. The van der Waals surface area contributed by atoms with Crippen molar-refractivity contribution < 1.29 is 19.4 Å². The number of carbonyl (C=O) groups is 1. The van der Waals surface area contributed by atoms with E-state index in [0.29, 0.717) is 11.6 Å². The van der Waals surface area contributed by atoms with Gasteiger partial charge in [-0.3, -0.25) is 4.79 Å². The number of ether oxygens (including phenoxy) is 2. The summed E-state index contributed by atoms with van der Waals surface area (Å²) in [6, 6.07) is 8.27. The van der Waals surface area contributed by atoms with Crippen molar-refractivity contribution in [2.45, 2.75) is 38.3 Å². The Morgan fingerprint density at radius 3 is 2.84 bits per heavy atom. The smallest absolute Gasteiger partial charge is 0.255 e. The van der Waals surface area contributed by atoms with Crippen LogP contribution >= 0.6 is 0 Å². The van der Waals surface area contributed by atoms with Gasteiger partial charge in [-0.1, -0.05) is 6.07 Å². The summed E-state index contributed by atoms with van der Waals surface area (Å²) < 4.78 is 11.0. The SMILES string of the molecule is COc1ccc(C(=O)NCc2cccnc2OC2CCCC2)c(O)c1. The summed E-state index contributed by atoms with van der Waals surface area (Å²) in [5.41, 5.74) is 1.01. The Labute approximate surface area is 146 Å². The van der Waals surface area contributed by atoms with E-state index in [9.17, 15) is 9.90 Å². The first-order chi connectivity index (χ1) is 12.2. The number of pyridine rings is 1. The van der Waals surface area contributed by atoms with E-state index in [1.165, 1.54) is 32.1 Å². The second-order valence-corrected chi connectivity index (χ2v) is 6.06. The zero-order chi connectivity index (χ0) is 17.6. The number of hydrogen-bond donors (Lipinski definition) is 2. The van der Waals surface area contributed by atoms with Crippen LogP contribution in [-0.4, -0.2) is 29.2 Å². The molecule has 25 heavy (non-hydrogen) atoms. The summed E-state index contributed by atoms with van der Waals surface area (Å²) in [5.74, 6) is 0.573. The van der Waals surface area contributed by atoms with Crippen molar-refractivity contribution in [3.05, 3.63) is 47.7 Å². The number of benzene rings is 1. The summed E-state index contributed by atoms with van der Waals surface area (Å²) in [4.78, 5) is 16.6. The Morgan fingerprint density at radius 1 is 1.32 bits per heavy atom. The van der Waals surface area contributed by atoms with Crippen molar-refractivity contribution in [2.75, 3.05) is 7.11 Å². The average Bonchev–Trinajstić information content (AvgIpc) is 3.13. The first-order valence-corrected chi connectivity index (χ1v) is 8.43. The van der Waals surface area contributed by atoms with E-state index in [0.717, 1.165) is 18.4 Å². The third-order valence-corrected chi connectivity index (χ3v) is 4.32. The van der Waals surface area contributed by atoms with Gasteiger partial charge in [0.25, 0.3) is 5.91 Å². The maximum Gasteiger partial charge on any atom is 0.255 e. The summed E-state index contributed by atoms with van der Waals surface area (Å²) in [6.45, 7) is 0.278. The molecule has 0 aliphatic heterocycles. The van der Waals surface area contributed by atoms with Gasteiger partial charge in [0.15, 0.2) is 0 Å². The molecule has 6 nitrogen and oxygen atoms in total. The number of phenolic OH excluding ortho intramolecular Hbond substituents is 1. The molecule has 0 spiro atoms. The Bertz CT molecular complexity index is 742. The number of amides is 1. The molecule has 0 bridgehead atoms. The molecule has 1 fully saturated rings. The lowest BCUT2D eigenvalue weighted by Gasteiger charge is -2.15. The summed E-state index contributed by atoms with van der Waals surface area (Å²) in [7, 11) is 1.50. The van der Waals surface area contributed by atoms with Crippen molar-refractivity contribution in [3.63, 3.8) is 0 Å². The second-order valence-electron chi connectivity index (χ2n) is 6.06. The van der Waals surface area contributed by atoms with Crippen molar-refractivity contribution in [2.24, 2.45) is 0 Å². The average molecular weight is 342 g/mol. The molecule has 0 radical (unpaired) electrons. The number of nitrogens with zero attached hydrogens (tertiary/aromatic N) is 1. The highest BCUT2D eigenvalue weighted by Gasteiger charge is 2.19. The Hall–Kier alpha value is -2.76. The normalized spacial score (nSPS) is 14.3. The highest BCUT2D eigenvalue weighted by molar-refractivity contribution is 5.96. The molecule has 1 aliphatic rings. The van der Waals surface area contributed by atoms with Crippen LogP contribution in [0.2, 0.25) is 0 Å². The van der Waals surface area contributed by atoms with E-state index in [2.05, 4.69) is 10.3 Å². The lowest BCUT2D eigenvalue weighted by atomic mass is 10.1. The van der Waals surface area contributed by atoms with Gasteiger partial charge in [-0.05, 0) is 43.9 Å². The molecule has 1 aromatic carbocycles. The number of hydrogen-bond acceptors (Lipinski definition) is 5. The van der Waals surface area contributed by atoms with E-state index in [1.54, 1.807) is 12.3 Å². The van der Waals surface area contributed by atoms with Gasteiger partial charge in [0.1, 0.15) is 17.6 Å². The minimum Gasteiger partial charge on any atom is -0.507 e. The van der Waals surface area contributed by atoms with Crippen LogP contribution in [0.15, 0.2) is 36.5 Å². The monoisotopic (exact) mass is 342 g/mol. The van der Waals surface area contributed by atoms with Crippen LogP contribution in [0, 0.1) is 0 Å². The summed E-state index contributed by atoms with van der Waals surface area (Å²) >= 11 is 0. The summed E-state index contributed by atoms with van der Waals surface area (Å²) in [5, 5.41) is 12.8. The van der Waals surface area contributed by atoms with Crippen LogP contribution in [0.3, 0.4) is 0 Å². The predicted molar refractivity (Wildman–Crippen MR) is 93.0 cm³/mol. The number of rotatable bonds is 6. The standard InChI is InChI=1S/C19H22N2O4/c1-24-15-8-9-16(17(22)11-15)18(23)21-12-13-5-4-10-20-19(13)25-14-6-2-3-7-14/h4-5,8-11,14,22H,2-3,6-7,12H2,1H3,(H,21,23). The van der Waals surface area contributed by atoms with E-state index in [-0.39, 0.29) is 29.9 Å². The molecular formula is C19H22N2O4. The van der Waals surface area contributed by atoms with E-state index in [4.69, 9.17) is 9.47 Å². The van der Waals surface area contributed by atoms with Crippen LogP contribution in [0.5, 0.6) is 17.4 Å². The van der Waals surface area contributed by atoms with Gasteiger partial charge in [-0.15, -0.1) is 0 Å². The highest BCUT2D eigenvalue weighted by Crippen LogP contribution is 2.26. The first-order valence-electron chi connectivity index (χ1n) is 8.43. The maximum absolute atomic E-state index is 12.3.